The molecular formula is C35H30N4O2. The van der Waals surface area contributed by atoms with Gasteiger partial charge in [-0.25, -0.2) is 4.98 Å². The maximum atomic E-state index is 12.7. The first-order chi connectivity index (χ1) is 19.9. The summed E-state index contributed by atoms with van der Waals surface area (Å²) >= 11 is 0. The molecule has 202 valence electrons. The van der Waals surface area contributed by atoms with Crippen LogP contribution >= 0.6 is 0 Å². The van der Waals surface area contributed by atoms with Gasteiger partial charge in [-0.3, -0.25) is 14.3 Å². The van der Waals surface area contributed by atoms with Crippen molar-refractivity contribution in [3.8, 4) is 28.6 Å². The number of furan rings is 1. The Labute approximate surface area is 237 Å². The van der Waals surface area contributed by atoms with E-state index in [1.165, 1.54) is 11.1 Å². The third-order valence-electron chi connectivity index (χ3n) is 7.82. The molecule has 6 nitrogen and oxygen atoms in total. The highest BCUT2D eigenvalue weighted by Gasteiger charge is 2.23. The van der Waals surface area contributed by atoms with Crippen molar-refractivity contribution in [3.63, 3.8) is 0 Å². The average Bonchev–Trinajstić information content (AvgIpc) is 3.58. The van der Waals surface area contributed by atoms with E-state index in [-0.39, 0.29) is 5.43 Å². The summed E-state index contributed by atoms with van der Waals surface area (Å²) in [6.45, 7) is 8.90. The van der Waals surface area contributed by atoms with Crippen molar-refractivity contribution < 1.29 is 4.42 Å². The molecule has 0 bridgehead atoms. The van der Waals surface area contributed by atoms with E-state index in [0.717, 1.165) is 39.4 Å². The molecule has 0 aliphatic heterocycles. The second kappa shape index (κ2) is 9.59. The summed E-state index contributed by atoms with van der Waals surface area (Å²) < 4.78 is 8.16. The Kier molecular flexibility index (Phi) is 5.86. The molecule has 41 heavy (non-hydrogen) atoms. The number of aromatic nitrogens is 4. The van der Waals surface area contributed by atoms with Gasteiger partial charge >= 0.3 is 0 Å². The van der Waals surface area contributed by atoms with Crippen LogP contribution in [0.3, 0.4) is 0 Å². The van der Waals surface area contributed by atoms with E-state index >= 15 is 0 Å². The fraction of sp³-hybridized carbons (Fsp3) is 0.171. The Bertz CT molecular complexity index is 2110. The minimum absolute atomic E-state index is 0.0757. The third-order valence-corrected chi connectivity index (χ3v) is 7.82. The van der Waals surface area contributed by atoms with E-state index in [1.807, 2.05) is 42.6 Å². The molecule has 0 fully saturated rings. The summed E-state index contributed by atoms with van der Waals surface area (Å²) in [6, 6.07) is 25.8. The molecule has 0 unspecified atom stereocenters. The first-order valence-electron chi connectivity index (χ1n) is 14.0. The number of para-hydroxylation sites is 1. The van der Waals surface area contributed by atoms with Crippen LogP contribution in [0.25, 0.3) is 61.4 Å². The van der Waals surface area contributed by atoms with Crippen molar-refractivity contribution in [1.82, 2.24) is 19.5 Å². The van der Waals surface area contributed by atoms with Gasteiger partial charge in [0.15, 0.2) is 16.8 Å². The number of hydrogen-bond donors (Lipinski definition) is 1. The Morgan fingerprint density at radius 2 is 1.56 bits per heavy atom. The van der Waals surface area contributed by atoms with Crippen molar-refractivity contribution >= 4 is 32.8 Å². The van der Waals surface area contributed by atoms with Crippen molar-refractivity contribution in [3.05, 3.63) is 113 Å². The highest BCUT2D eigenvalue weighted by molar-refractivity contribution is 6.02. The Hall–Kier alpha value is -4.97. The molecule has 0 spiro atoms. The average molecular weight is 539 g/mol. The zero-order valence-electron chi connectivity index (χ0n) is 23.5. The second-order valence-electron chi connectivity index (χ2n) is 11.1. The number of rotatable bonds is 5. The van der Waals surface area contributed by atoms with Crippen molar-refractivity contribution in [2.24, 2.45) is 0 Å². The second-order valence-corrected chi connectivity index (χ2v) is 11.1. The largest absolute Gasteiger partial charge is 0.454 e. The van der Waals surface area contributed by atoms with Gasteiger partial charge in [-0.2, -0.15) is 0 Å². The zero-order valence-corrected chi connectivity index (χ0v) is 23.5. The summed E-state index contributed by atoms with van der Waals surface area (Å²) in [7, 11) is 0. The van der Waals surface area contributed by atoms with Gasteiger partial charge in [0, 0.05) is 17.8 Å². The first-order valence-corrected chi connectivity index (χ1v) is 14.0. The number of imidazole rings is 1. The number of benzene rings is 3. The van der Waals surface area contributed by atoms with Gasteiger partial charge in [0.25, 0.3) is 0 Å². The number of nitrogens with one attached hydrogen (secondary N) is 1. The van der Waals surface area contributed by atoms with Gasteiger partial charge in [-0.05, 0) is 58.7 Å². The normalized spacial score (nSPS) is 12.0. The van der Waals surface area contributed by atoms with Crippen LogP contribution in [-0.2, 0) is 0 Å². The number of pyridine rings is 2. The molecule has 0 aliphatic rings. The molecule has 4 heterocycles. The monoisotopic (exact) mass is 538 g/mol. The number of H-pyrrole nitrogens is 1. The fourth-order valence-electron chi connectivity index (χ4n) is 5.80. The van der Waals surface area contributed by atoms with Crippen LogP contribution < -0.4 is 5.43 Å². The minimum Gasteiger partial charge on any atom is -0.454 e. The minimum atomic E-state index is -0.0757. The summed E-state index contributed by atoms with van der Waals surface area (Å²) in [5.41, 5.74) is 7.79. The molecule has 7 rings (SSSR count). The summed E-state index contributed by atoms with van der Waals surface area (Å²) in [5.74, 6) is 1.37. The molecule has 0 saturated carbocycles. The van der Waals surface area contributed by atoms with Crippen molar-refractivity contribution in [2.45, 2.75) is 39.5 Å². The third kappa shape index (κ3) is 4.06. The van der Waals surface area contributed by atoms with E-state index in [4.69, 9.17) is 14.4 Å². The van der Waals surface area contributed by atoms with Gasteiger partial charge in [-0.1, -0.05) is 76.2 Å². The quantitative estimate of drug-likeness (QED) is 0.238. The number of nitrogens with zero attached hydrogens (tertiary/aromatic N) is 3. The molecule has 4 aromatic heterocycles. The molecule has 7 aromatic rings. The highest BCUT2D eigenvalue weighted by atomic mass is 16.3. The lowest BCUT2D eigenvalue weighted by atomic mass is 9.92. The van der Waals surface area contributed by atoms with E-state index in [1.54, 1.807) is 12.1 Å². The van der Waals surface area contributed by atoms with Crippen molar-refractivity contribution in [2.75, 3.05) is 0 Å². The lowest BCUT2D eigenvalue weighted by Crippen LogP contribution is -2.08. The van der Waals surface area contributed by atoms with E-state index in [2.05, 4.69) is 73.8 Å². The van der Waals surface area contributed by atoms with Gasteiger partial charge in [0.2, 0.25) is 0 Å². The summed E-state index contributed by atoms with van der Waals surface area (Å²) in [6.07, 6.45) is 3.93. The lowest BCUT2D eigenvalue weighted by Gasteiger charge is -2.21. The molecule has 0 aliphatic carbocycles. The molecule has 3 aromatic carbocycles. The molecular weight excluding hydrogens is 508 g/mol. The van der Waals surface area contributed by atoms with Gasteiger partial charge in [0.05, 0.1) is 22.3 Å². The SMILES string of the molecule is CC(C)c1cccc(C(C)C)c1-n1cc(-c2ccc3oc4cccc(=O)c4c3[nH]2)nc1-c1nccc2ccccc12. The van der Waals surface area contributed by atoms with Gasteiger partial charge in [-0.15, -0.1) is 0 Å². The predicted octanol–water partition coefficient (Wildman–Crippen LogP) is 8.59. The van der Waals surface area contributed by atoms with Crippen LogP contribution in [0.15, 0.2) is 100 Å². The molecule has 0 radical (unpaired) electrons. The number of hydrogen-bond acceptors (Lipinski definition) is 4. The predicted molar refractivity (Wildman–Crippen MR) is 166 cm³/mol. The first kappa shape index (κ1) is 25.0. The summed E-state index contributed by atoms with van der Waals surface area (Å²) in [5, 5.41) is 2.69. The van der Waals surface area contributed by atoms with E-state index in [0.29, 0.717) is 33.9 Å². The summed E-state index contributed by atoms with van der Waals surface area (Å²) in [4.78, 5) is 26.3. The zero-order chi connectivity index (χ0) is 28.2. The maximum absolute atomic E-state index is 12.7. The topological polar surface area (TPSA) is 76.7 Å². The molecule has 0 saturated heterocycles. The van der Waals surface area contributed by atoms with E-state index < -0.39 is 0 Å². The van der Waals surface area contributed by atoms with Crippen molar-refractivity contribution in [1.29, 1.82) is 0 Å². The van der Waals surface area contributed by atoms with Gasteiger partial charge < -0.3 is 9.40 Å². The molecule has 0 atom stereocenters. The number of fused-ring (bicyclic) bond motifs is 4. The Morgan fingerprint density at radius 3 is 2.34 bits per heavy atom. The Morgan fingerprint density at radius 1 is 0.805 bits per heavy atom. The van der Waals surface area contributed by atoms with Crippen LogP contribution in [0.5, 0.6) is 0 Å². The smallest absolute Gasteiger partial charge is 0.191 e. The fourth-order valence-corrected chi connectivity index (χ4v) is 5.80. The molecule has 6 heteroatoms. The highest BCUT2D eigenvalue weighted by Crippen LogP contribution is 2.37. The van der Waals surface area contributed by atoms with Crippen LogP contribution in [0.2, 0.25) is 0 Å². The van der Waals surface area contributed by atoms with Crippen LogP contribution in [0, 0.1) is 0 Å². The lowest BCUT2D eigenvalue weighted by molar-refractivity contribution is 0.668. The molecule has 0 amide bonds. The number of aromatic amines is 1. The Balaban J connectivity index is 1.55. The molecule has 1 N–H and O–H groups in total. The van der Waals surface area contributed by atoms with Gasteiger partial charge in [0.1, 0.15) is 17.0 Å². The van der Waals surface area contributed by atoms with Crippen LogP contribution in [-0.4, -0.2) is 19.5 Å². The van der Waals surface area contributed by atoms with Crippen LogP contribution in [0.1, 0.15) is 50.7 Å². The van der Waals surface area contributed by atoms with E-state index in [9.17, 15) is 4.79 Å². The maximum Gasteiger partial charge on any atom is 0.191 e. The standard InChI is InChI=1S/C35H30N4O2/c1-20(2)23-11-7-12-24(21(3)4)34(23)39-19-27(38-35(39)32-25-10-6-5-9-22(25)17-18-36-32)26-15-16-30-33(37-26)31-28(40)13-8-14-29(31)41-30/h5-21,37H,1-4H3. The van der Waals surface area contributed by atoms with Crippen LogP contribution in [0.4, 0.5) is 0 Å².